The third-order valence-corrected chi connectivity index (χ3v) is 4.26. The summed E-state index contributed by atoms with van der Waals surface area (Å²) in [5.74, 6) is 0.183. The largest absolute Gasteiger partial charge is 0.395 e. The highest BCUT2D eigenvalue weighted by Gasteiger charge is 2.46. The van der Waals surface area contributed by atoms with Gasteiger partial charge in [-0.2, -0.15) is 0 Å². The van der Waals surface area contributed by atoms with E-state index in [-0.39, 0.29) is 12.5 Å². The SMILES string of the molecule is CN(C(=O)C1(CO)CCC1)C1CCCC1. The van der Waals surface area contributed by atoms with Gasteiger partial charge in [0.25, 0.3) is 0 Å². The molecule has 2 aliphatic rings. The van der Waals surface area contributed by atoms with E-state index in [2.05, 4.69) is 0 Å². The Hall–Kier alpha value is -0.570. The minimum atomic E-state index is -0.405. The molecule has 0 aromatic rings. The lowest BCUT2D eigenvalue weighted by molar-refractivity contribution is -0.151. The molecule has 0 spiro atoms. The minimum absolute atomic E-state index is 0.0306. The fourth-order valence-electron chi connectivity index (χ4n) is 2.87. The van der Waals surface area contributed by atoms with E-state index in [1.165, 1.54) is 12.8 Å². The molecule has 0 aliphatic heterocycles. The molecule has 2 aliphatic carbocycles. The molecule has 2 fully saturated rings. The van der Waals surface area contributed by atoms with Crippen LogP contribution in [0.5, 0.6) is 0 Å². The van der Waals surface area contributed by atoms with Crippen molar-refractivity contribution in [1.29, 1.82) is 0 Å². The van der Waals surface area contributed by atoms with E-state index in [0.29, 0.717) is 6.04 Å². The van der Waals surface area contributed by atoms with E-state index in [1.54, 1.807) is 0 Å². The van der Waals surface area contributed by atoms with Gasteiger partial charge >= 0.3 is 0 Å². The van der Waals surface area contributed by atoms with Crippen molar-refractivity contribution in [2.45, 2.75) is 51.0 Å². The van der Waals surface area contributed by atoms with E-state index in [9.17, 15) is 9.90 Å². The Balaban J connectivity index is 1.99. The first kappa shape index (κ1) is 10.9. The lowest BCUT2D eigenvalue weighted by Crippen LogP contribution is -2.51. The minimum Gasteiger partial charge on any atom is -0.395 e. The van der Waals surface area contributed by atoms with Crippen LogP contribution < -0.4 is 0 Å². The summed E-state index contributed by atoms with van der Waals surface area (Å²) in [7, 11) is 1.91. The normalized spacial score (nSPS) is 24.9. The highest BCUT2D eigenvalue weighted by atomic mass is 16.3. The highest BCUT2D eigenvalue weighted by molar-refractivity contribution is 5.83. The van der Waals surface area contributed by atoms with Gasteiger partial charge in [0.15, 0.2) is 0 Å². The van der Waals surface area contributed by atoms with Crippen molar-refractivity contribution >= 4 is 5.91 Å². The van der Waals surface area contributed by atoms with Gasteiger partial charge in [-0.3, -0.25) is 4.79 Å². The zero-order chi connectivity index (χ0) is 10.9. The lowest BCUT2D eigenvalue weighted by Gasteiger charge is -2.42. The molecule has 0 bridgehead atoms. The first-order valence-corrected chi connectivity index (χ1v) is 6.08. The molecule has 2 saturated carbocycles. The maximum Gasteiger partial charge on any atom is 0.231 e. The van der Waals surface area contributed by atoms with Crippen LogP contribution in [0.3, 0.4) is 0 Å². The number of carbonyl (C=O) groups excluding carboxylic acids is 1. The fourth-order valence-corrected chi connectivity index (χ4v) is 2.87. The molecular formula is C12H21NO2. The molecule has 0 heterocycles. The van der Waals surface area contributed by atoms with Crippen molar-refractivity contribution < 1.29 is 9.90 Å². The molecule has 1 N–H and O–H groups in total. The number of aliphatic hydroxyl groups excluding tert-OH is 1. The Bertz CT molecular complexity index is 236. The van der Waals surface area contributed by atoms with Crippen molar-refractivity contribution in [1.82, 2.24) is 4.90 Å². The smallest absolute Gasteiger partial charge is 0.231 e. The number of carbonyl (C=O) groups is 1. The van der Waals surface area contributed by atoms with Crippen LogP contribution in [0.25, 0.3) is 0 Å². The maximum atomic E-state index is 12.2. The Morgan fingerprint density at radius 1 is 1.33 bits per heavy atom. The van der Waals surface area contributed by atoms with E-state index in [1.807, 2.05) is 11.9 Å². The van der Waals surface area contributed by atoms with Crippen LogP contribution >= 0.6 is 0 Å². The Morgan fingerprint density at radius 3 is 2.33 bits per heavy atom. The van der Waals surface area contributed by atoms with Crippen LogP contribution in [0.15, 0.2) is 0 Å². The summed E-state index contributed by atoms with van der Waals surface area (Å²) in [6.07, 6.45) is 7.61. The summed E-state index contributed by atoms with van der Waals surface area (Å²) < 4.78 is 0. The quantitative estimate of drug-likeness (QED) is 0.769. The van der Waals surface area contributed by atoms with E-state index in [4.69, 9.17) is 0 Å². The number of nitrogens with zero attached hydrogens (tertiary/aromatic N) is 1. The van der Waals surface area contributed by atoms with Gasteiger partial charge in [-0.05, 0) is 25.7 Å². The van der Waals surface area contributed by atoms with Gasteiger partial charge in [0, 0.05) is 13.1 Å². The molecule has 3 heteroatoms. The average molecular weight is 211 g/mol. The molecule has 3 nitrogen and oxygen atoms in total. The van der Waals surface area contributed by atoms with E-state index in [0.717, 1.165) is 32.1 Å². The fraction of sp³-hybridized carbons (Fsp3) is 0.917. The van der Waals surface area contributed by atoms with Crippen molar-refractivity contribution in [3.8, 4) is 0 Å². The first-order valence-electron chi connectivity index (χ1n) is 6.08. The van der Waals surface area contributed by atoms with Crippen LogP contribution in [0.2, 0.25) is 0 Å². The standard InChI is InChI=1S/C12H21NO2/c1-13(10-5-2-3-6-10)11(15)12(9-14)7-4-8-12/h10,14H,2-9H2,1H3. The topological polar surface area (TPSA) is 40.5 Å². The molecule has 0 aromatic heterocycles. The second-order valence-corrected chi connectivity index (χ2v) is 5.15. The van der Waals surface area contributed by atoms with Crippen LogP contribution in [-0.4, -0.2) is 35.6 Å². The summed E-state index contributed by atoms with van der Waals surface area (Å²) in [5, 5.41) is 9.35. The van der Waals surface area contributed by atoms with E-state index >= 15 is 0 Å². The van der Waals surface area contributed by atoms with Gasteiger partial charge in [-0.15, -0.1) is 0 Å². The summed E-state index contributed by atoms with van der Waals surface area (Å²) in [4.78, 5) is 14.1. The second kappa shape index (κ2) is 4.12. The zero-order valence-electron chi connectivity index (χ0n) is 9.54. The number of rotatable bonds is 3. The molecule has 15 heavy (non-hydrogen) atoms. The van der Waals surface area contributed by atoms with Crippen LogP contribution in [0, 0.1) is 5.41 Å². The number of amides is 1. The average Bonchev–Trinajstić information content (AvgIpc) is 2.68. The van der Waals surface area contributed by atoms with Gasteiger partial charge in [0.1, 0.15) is 0 Å². The molecule has 0 saturated heterocycles. The van der Waals surface area contributed by atoms with Gasteiger partial charge in [-0.25, -0.2) is 0 Å². The molecule has 1 amide bonds. The Morgan fingerprint density at radius 2 is 1.93 bits per heavy atom. The number of hydrogen-bond acceptors (Lipinski definition) is 2. The summed E-state index contributed by atoms with van der Waals surface area (Å²) in [6, 6.07) is 0.432. The molecule has 86 valence electrons. The van der Waals surface area contributed by atoms with E-state index < -0.39 is 5.41 Å². The molecule has 0 unspecified atom stereocenters. The predicted octanol–water partition coefficient (Wildman–Crippen LogP) is 1.55. The zero-order valence-corrected chi connectivity index (χ0v) is 9.54. The van der Waals surface area contributed by atoms with Gasteiger partial charge < -0.3 is 10.0 Å². The summed E-state index contributed by atoms with van der Waals surface area (Å²) >= 11 is 0. The second-order valence-electron chi connectivity index (χ2n) is 5.15. The third-order valence-electron chi connectivity index (χ3n) is 4.26. The molecule has 0 radical (unpaired) electrons. The predicted molar refractivity (Wildman–Crippen MR) is 58.4 cm³/mol. The lowest BCUT2D eigenvalue weighted by atomic mass is 9.68. The third kappa shape index (κ3) is 1.78. The highest BCUT2D eigenvalue weighted by Crippen LogP contribution is 2.42. The molecular weight excluding hydrogens is 190 g/mol. The maximum absolute atomic E-state index is 12.2. The first-order chi connectivity index (χ1) is 7.19. The summed E-state index contributed by atoms with van der Waals surface area (Å²) in [5.41, 5.74) is -0.405. The van der Waals surface area contributed by atoms with Gasteiger partial charge in [-0.1, -0.05) is 19.3 Å². The van der Waals surface area contributed by atoms with Crippen molar-refractivity contribution in [3.63, 3.8) is 0 Å². The Labute approximate surface area is 91.5 Å². The summed E-state index contributed by atoms with van der Waals surface area (Å²) in [6.45, 7) is 0.0306. The van der Waals surface area contributed by atoms with Crippen LogP contribution in [-0.2, 0) is 4.79 Å². The van der Waals surface area contributed by atoms with Gasteiger partial charge in [0.2, 0.25) is 5.91 Å². The molecule has 0 aromatic carbocycles. The van der Waals surface area contributed by atoms with Crippen molar-refractivity contribution in [2.75, 3.05) is 13.7 Å². The molecule has 0 atom stereocenters. The van der Waals surface area contributed by atoms with Crippen LogP contribution in [0.1, 0.15) is 44.9 Å². The molecule has 2 rings (SSSR count). The van der Waals surface area contributed by atoms with Crippen molar-refractivity contribution in [3.05, 3.63) is 0 Å². The van der Waals surface area contributed by atoms with Crippen molar-refractivity contribution in [2.24, 2.45) is 5.41 Å². The Kier molecular flexibility index (Phi) is 3.01. The van der Waals surface area contributed by atoms with Crippen LogP contribution in [0.4, 0.5) is 0 Å². The number of hydrogen-bond donors (Lipinski definition) is 1. The van der Waals surface area contributed by atoms with Gasteiger partial charge in [0.05, 0.1) is 12.0 Å². The monoisotopic (exact) mass is 211 g/mol. The number of aliphatic hydroxyl groups is 1.